The first kappa shape index (κ1) is 10.9. The van der Waals surface area contributed by atoms with Gasteiger partial charge in [-0.25, -0.2) is 13.8 Å². The molecule has 0 unspecified atom stereocenters. The van der Waals surface area contributed by atoms with Crippen molar-refractivity contribution in [3.05, 3.63) is 23.8 Å². The van der Waals surface area contributed by atoms with Crippen molar-refractivity contribution in [3.8, 4) is 0 Å². The van der Waals surface area contributed by atoms with Gasteiger partial charge in [0.05, 0.1) is 16.8 Å². The summed E-state index contributed by atoms with van der Waals surface area (Å²) in [5.74, 6) is -2.56. The third-order valence-electron chi connectivity index (χ3n) is 2.97. The fraction of sp³-hybridized carbons (Fsp3) is 0.417. The van der Waals surface area contributed by atoms with E-state index in [4.69, 9.17) is 0 Å². The predicted molar refractivity (Wildman–Crippen MR) is 66.1 cm³/mol. The number of halogens is 2. The zero-order valence-electron chi connectivity index (χ0n) is 9.41. The third-order valence-corrected chi connectivity index (χ3v) is 4.05. The van der Waals surface area contributed by atoms with Gasteiger partial charge >= 0.3 is 0 Å². The smallest absolute Gasteiger partial charge is 0.267 e. The lowest BCUT2D eigenvalue weighted by Crippen LogP contribution is -2.24. The largest absolute Gasteiger partial charge is 0.342 e. The molecule has 1 aliphatic heterocycles. The van der Waals surface area contributed by atoms with Crippen LogP contribution in [0.3, 0.4) is 0 Å². The van der Waals surface area contributed by atoms with E-state index in [-0.39, 0.29) is 13.0 Å². The molecule has 0 amide bonds. The van der Waals surface area contributed by atoms with Gasteiger partial charge in [-0.1, -0.05) is 17.4 Å². The lowest BCUT2D eigenvalue weighted by Gasteiger charge is -2.13. The minimum atomic E-state index is -2.56. The van der Waals surface area contributed by atoms with Gasteiger partial charge in [0.15, 0.2) is 5.13 Å². The predicted octanol–water partition coefficient (Wildman–Crippen LogP) is 3.45. The Hall–Kier alpha value is -1.23. The topological polar surface area (TPSA) is 16.1 Å². The van der Waals surface area contributed by atoms with Crippen molar-refractivity contribution in [1.29, 1.82) is 0 Å². The highest BCUT2D eigenvalue weighted by molar-refractivity contribution is 7.22. The Morgan fingerprint density at radius 2 is 2.24 bits per heavy atom. The fourth-order valence-electron chi connectivity index (χ4n) is 2.05. The molecule has 5 heteroatoms. The number of anilines is 1. The Balaban J connectivity index is 1.96. The summed E-state index contributed by atoms with van der Waals surface area (Å²) in [7, 11) is 0. The molecule has 1 fully saturated rings. The molecule has 1 aliphatic rings. The van der Waals surface area contributed by atoms with Gasteiger partial charge in [0.25, 0.3) is 5.92 Å². The number of rotatable bonds is 1. The summed E-state index contributed by atoms with van der Waals surface area (Å²) in [6, 6.07) is 5.98. The van der Waals surface area contributed by atoms with E-state index in [2.05, 4.69) is 4.98 Å². The summed E-state index contributed by atoms with van der Waals surface area (Å²) < 4.78 is 27.3. The van der Waals surface area contributed by atoms with Crippen LogP contribution in [0.2, 0.25) is 0 Å². The normalized spacial score (nSPS) is 19.1. The zero-order valence-corrected chi connectivity index (χ0v) is 10.2. The monoisotopic (exact) mass is 254 g/mol. The van der Waals surface area contributed by atoms with Crippen LogP contribution in [0.4, 0.5) is 13.9 Å². The van der Waals surface area contributed by atoms with E-state index in [1.165, 1.54) is 16.9 Å². The van der Waals surface area contributed by atoms with Gasteiger partial charge < -0.3 is 4.90 Å². The van der Waals surface area contributed by atoms with Crippen molar-refractivity contribution in [3.63, 3.8) is 0 Å². The molecule has 0 aliphatic carbocycles. The van der Waals surface area contributed by atoms with E-state index in [9.17, 15) is 8.78 Å². The van der Waals surface area contributed by atoms with Gasteiger partial charge in [-0.3, -0.25) is 0 Å². The van der Waals surface area contributed by atoms with Crippen LogP contribution in [0.5, 0.6) is 0 Å². The summed E-state index contributed by atoms with van der Waals surface area (Å²) >= 11 is 1.49. The summed E-state index contributed by atoms with van der Waals surface area (Å²) in [6.07, 6.45) is -0.0675. The molecule has 17 heavy (non-hydrogen) atoms. The summed E-state index contributed by atoms with van der Waals surface area (Å²) in [5.41, 5.74) is 2.06. The Kier molecular flexibility index (Phi) is 2.33. The Morgan fingerprint density at radius 1 is 1.41 bits per heavy atom. The Bertz CT molecular complexity index is 565. The van der Waals surface area contributed by atoms with Crippen molar-refractivity contribution < 1.29 is 8.78 Å². The summed E-state index contributed by atoms with van der Waals surface area (Å²) in [4.78, 5) is 6.09. The molecular weight excluding hydrogens is 242 g/mol. The Labute approximate surface area is 102 Å². The molecule has 1 aromatic heterocycles. The third kappa shape index (κ3) is 1.99. The lowest BCUT2D eigenvalue weighted by molar-refractivity contribution is 0.0257. The van der Waals surface area contributed by atoms with Gasteiger partial charge in [0.2, 0.25) is 0 Å². The molecule has 0 N–H and O–H groups in total. The number of thiazole rings is 1. The lowest BCUT2D eigenvalue weighted by atomic mass is 10.2. The van der Waals surface area contributed by atoms with E-state index in [1.807, 2.05) is 25.1 Å². The van der Waals surface area contributed by atoms with Crippen LogP contribution < -0.4 is 4.90 Å². The highest BCUT2D eigenvalue weighted by atomic mass is 32.1. The molecule has 1 saturated heterocycles. The van der Waals surface area contributed by atoms with Crippen LogP contribution in [0.15, 0.2) is 18.2 Å². The molecule has 0 bridgehead atoms. The van der Waals surface area contributed by atoms with Crippen LogP contribution in [-0.2, 0) is 0 Å². The first-order valence-corrected chi connectivity index (χ1v) is 6.35. The maximum atomic E-state index is 13.1. The quantitative estimate of drug-likeness (QED) is 0.775. The second-order valence-corrected chi connectivity index (χ2v) is 5.50. The van der Waals surface area contributed by atoms with Crippen LogP contribution >= 0.6 is 11.3 Å². The van der Waals surface area contributed by atoms with E-state index >= 15 is 0 Å². The zero-order chi connectivity index (χ0) is 12.0. The van der Waals surface area contributed by atoms with Crippen LogP contribution in [-0.4, -0.2) is 24.0 Å². The molecule has 0 radical (unpaired) electrons. The standard InChI is InChI=1S/C12H12F2N2S/c1-8-2-3-9-10(6-8)17-11(15-9)16-5-4-12(13,14)7-16/h2-3,6H,4-5,7H2,1H3. The van der Waals surface area contributed by atoms with Crippen LogP contribution in [0, 0.1) is 6.92 Å². The van der Waals surface area contributed by atoms with Gasteiger partial charge in [0.1, 0.15) is 0 Å². The second-order valence-electron chi connectivity index (χ2n) is 4.50. The number of aromatic nitrogens is 1. The highest BCUT2D eigenvalue weighted by Crippen LogP contribution is 2.35. The van der Waals surface area contributed by atoms with E-state index in [0.29, 0.717) is 11.7 Å². The minimum absolute atomic E-state index is 0.0675. The minimum Gasteiger partial charge on any atom is -0.342 e. The van der Waals surface area contributed by atoms with E-state index < -0.39 is 5.92 Å². The number of benzene rings is 1. The van der Waals surface area contributed by atoms with Crippen molar-refractivity contribution in [1.82, 2.24) is 4.98 Å². The molecule has 2 heterocycles. The molecule has 90 valence electrons. The fourth-order valence-corrected chi connectivity index (χ4v) is 3.14. The van der Waals surface area contributed by atoms with Crippen molar-refractivity contribution in [2.75, 3.05) is 18.0 Å². The number of alkyl halides is 2. The SMILES string of the molecule is Cc1ccc2nc(N3CCC(F)(F)C3)sc2c1. The molecular formula is C12H12F2N2S. The number of nitrogens with zero attached hydrogens (tertiary/aromatic N) is 2. The first-order chi connectivity index (χ1) is 8.03. The van der Waals surface area contributed by atoms with Gasteiger partial charge in [-0.05, 0) is 24.6 Å². The van der Waals surface area contributed by atoms with E-state index in [1.54, 1.807) is 4.90 Å². The molecule has 0 saturated carbocycles. The molecule has 0 atom stereocenters. The van der Waals surface area contributed by atoms with Crippen LogP contribution in [0.1, 0.15) is 12.0 Å². The first-order valence-electron chi connectivity index (χ1n) is 5.53. The van der Waals surface area contributed by atoms with Crippen molar-refractivity contribution >= 4 is 26.7 Å². The van der Waals surface area contributed by atoms with Gasteiger partial charge in [-0.2, -0.15) is 0 Å². The average Bonchev–Trinajstić information content (AvgIpc) is 2.80. The maximum Gasteiger partial charge on any atom is 0.267 e. The van der Waals surface area contributed by atoms with Gasteiger partial charge in [-0.15, -0.1) is 0 Å². The summed E-state index contributed by atoms with van der Waals surface area (Å²) in [5, 5.41) is 0.711. The van der Waals surface area contributed by atoms with Crippen LogP contribution in [0.25, 0.3) is 10.2 Å². The average molecular weight is 254 g/mol. The molecule has 2 aromatic rings. The highest BCUT2D eigenvalue weighted by Gasteiger charge is 2.39. The summed E-state index contributed by atoms with van der Waals surface area (Å²) in [6.45, 7) is 2.21. The Morgan fingerprint density at radius 3 is 2.94 bits per heavy atom. The van der Waals surface area contributed by atoms with Crippen molar-refractivity contribution in [2.24, 2.45) is 0 Å². The molecule has 2 nitrogen and oxygen atoms in total. The molecule has 0 spiro atoms. The van der Waals surface area contributed by atoms with E-state index in [0.717, 1.165) is 10.2 Å². The number of hydrogen-bond donors (Lipinski definition) is 0. The number of aryl methyl sites for hydroxylation is 1. The molecule has 3 rings (SSSR count). The van der Waals surface area contributed by atoms with Crippen molar-refractivity contribution in [2.45, 2.75) is 19.3 Å². The second kappa shape index (κ2) is 3.63. The number of hydrogen-bond acceptors (Lipinski definition) is 3. The molecule has 1 aromatic carbocycles. The maximum absolute atomic E-state index is 13.1. The van der Waals surface area contributed by atoms with Gasteiger partial charge in [0, 0.05) is 13.0 Å². The number of fused-ring (bicyclic) bond motifs is 1.